The molecule has 2 N–H and O–H groups in total. The van der Waals surface area contributed by atoms with Crippen molar-refractivity contribution in [3.05, 3.63) is 10.5 Å². The van der Waals surface area contributed by atoms with Gasteiger partial charge >= 0.3 is 0 Å². The number of hydrogen-bond donors (Lipinski definition) is 2. The fourth-order valence-corrected chi connectivity index (χ4v) is 3.92. The summed E-state index contributed by atoms with van der Waals surface area (Å²) in [5, 5.41) is 4.45. The van der Waals surface area contributed by atoms with E-state index in [1.165, 1.54) is 0 Å². The number of aromatic nitrogens is 4. The van der Waals surface area contributed by atoms with Crippen molar-refractivity contribution < 1.29 is 8.42 Å². The van der Waals surface area contributed by atoms with Crippen LogP contribution < -0.4 is 4.72 Å². The Balaban J connectivity index is 2.50. The summed E-state index contributed by atoms with van der Waals surface area (Å²) >= 11 is 5.37. The molecule has 0 amide bonds. The van der Waals surface area contributed by atoms with Gasteiger partial charge < -0.3 is 4.98 Å². The smallest absolute Gasteiger partial charge is 0.209 e. The molecule has 0 aliphatic heterocycles. The molecule has 0 fully saturated rings. The van der Waals surface area contributed by atoms with Crippen molar-refractivity contribution in [3.63, 3.8) is 0 Å². The summed E-state index contributed by atoms with van der Waals surface area (Å²) in [6.45, 7) is 6.10. The molecular formula is C12H21N5O2S2. The molecule has 7 nitrogen and oxygen atoms in total. The van der Waals surface area contributed by atoms with Crippen LogP contribution in [0.15, 0.2) is 0 Å². The maximum Gasteiger partial charge on any atom is 0.209 e. The van der Waals surface area contributed by atoms with Gasteiger partial charge in [0.1, 0.15) is 5.52 Å². The highest BCUT2D eigenvalue weighted by atomic mass is 32.2. The fraction of sp³-hybridized carbons (Fsp3) is 0.667. The van der Waals surface area contributed by atoms with Gasteiger partial charge in [0, 0.05) is 19.1 Å². The van der Waals surface area contributed by atoms with Crippen LogP contribution in [0.5, 0.6) is 0 Å². The Morgan fingerprint density at radius 3 is 2.57 bits per heavy atom. The third-order valence-corrected chi connectivity index (χ3v) is 4.42. The van der Waals surface area contributed by atoms with Crippen LogP contribution in [-0.2, 0) is 30.0 Å². The molecule has 0 aliphatic carbocycles. The van der Waals surface area contributed by atoms with Gasteiger partial charge in [-0.1, -0.05) is 6.92 Å². The van der Waals surface area contributed by atoms with Gasteiger partial charge in [0.2, 0.25) is 10.0 Å². The molecular weight excluding hydrogens is 310 g/mol. The Kier molecular flexibility index (Phi) is 4.02. The molecule has 0 aromatic carbocycles. The zero-order chi connectivity index (χ0) is 16.0. The van der Waals surface area contributed by atoms with E-state index >= 15 is 0 Å². The van der Waals surface area contributed by atoms with Crippen LogP contribution in [0.4, 0.5) is 0 Å². The Morgan fingerprint density at radius 2 is 2.05 bits per heavy atom. The lowest BCUT2D eigenvalue weighted by Gasteiger charge is -2.25. The van der Waals surface area contributed by atoms with Gasteiger partial charge in [-0.3, -0.25) is 9.25 Å². The maximum absolute atomic E-state index is 11.5. The summed E-state index contributed by atoms with van der Waals surface area (Å²) in [5.41, 5.74) is 2.09. The molecule has 2 rings (SSSR count). The van der Waals surface area contributed by atoms with Crippen LogP contribution in [0, 0.1) is 4.77 Å². The molecule has 0 aliphatic rings. The Labute approximate surface area is 129 Å². The van der Waals surface area contributed by atoms with Gasteiger partial charge in [0.05, 0.1) is 11.9 Å². The van der Waals surface area contributed by atoms with E-state index in [1.807, 2.05) is 32.4 Å². The van der Waals surface area contributed by atoms with Crippen LogP contribution >= 0.6 is 12.2 Å². The average Bonchev–Trinajstić information content (AvgIpc) is 2.75. The van der Waals surface area contributed by atoms with Crippen LogP contribution in [0.3, 0.4) is 0 Å². The van der Waals surface area contributed by atoms with E-state index in [9.17, 15) is 8.42 Å². The first-order valence-corrected chi connectivity index (χ1v) is 8.97. The second kappa shape index (κ2) is 5.22. The van der Waals surface area contributed by atoms with Crippen molar-refractivity contribution in [1.82, 2.24) is 24.1 Å². The zero-order valence-electron chi connectivity index (χ0n) is 12.9. The van der Waals surface area contributed by atoms with Crippen molar-refractivity contribution in [3.8, 4) is 0 Å². The molecule has 2 aromatic rings. The highest BCUT2D eigenvalue weighted by molar-refractivity contribution is 7.88. The molecule has 0 spiro atoms. The molecule has 0 bridgehead atoms. The fourth-order valence-electron chi connectivity index (χ4n) is 2.60. The number of fused-ring (bicyclic) bond motifs is 1. The molecule has 9 heteroatoms. The van der Waals surface area contributed by atoms with Crippen molar-refractivity contribution >= 4 is 33.4 Å². The van der Waals surface area contributed by atoms with Gasteiger partial charge in [0.25, 0.3) is 0 Å². The first-order valence-electron chi connectivity index (χ1n) is 6.67. The quantitative estimate of drug-likeness (QED) is 0.809. The van der Waals surface area contributed by atoms with Crippen molar-refractivity contribution in [2.45, 2.75) is 39.3 Å². The van der Waals surface area contributed by atoms with Crippen LogP contribution in [0.2, 0.25) is 0 Å². The first-order chi connectivity index (χ1) is 9.54. The molecule has 2 aromatic heterocycles. The van der Waals surface area contributed by atoms with E-state index in [1.54, 1.807) is 4.68 Å². The standard InChI is InChI=1S/C12H21N5O2S2/c1-6-8-9-10(16(4)14-8)17(11(20)13-9)7-12(2,3)15-21(5,18)19/h15H,6-7H2,1-5H3,(H,13,20). The second-order valence-corrected chi connectivity index (χ2v) is 8.03. The third-order valence-electron chi connectivity index (χ3n) is 3.17. The average molecular weight is 331 g/mol. The highest BCUT2D eigenvalue weighted by Crippen LogP contribution is 2.20. The molecule has 0 atom stereocenters. The normalized spacial score (nSPS) is 13.2. The van der Waals surface area contributed by atoms with Crippen molar-refractivity contribution in [2.75, 3.05) is 6.26 Å². The van der Waals surface area contributed by atoms with Crippen LogP contribution in [0.1, 0.15) is 26.5 Å². The molecule has 118 valence electrons. The Morgan fingerprint density at radius 1 is 1.43 bits per heavy atom. The summed E-state index contributed by atoms with van der Waals surface area (Å²) in [6.07, 6.45) is 1.96. The summed E-state index contributed by atoms with van der Waals surface area (Å²) in [5.74, 6) is 0. The van der Waals surface area contributed by atoms with Crippen LogP contribution in [-0.4, -0.2) is 39.5 Å². The highest BCUT2D eigenvalue weighted by Gasteiger charge is 2.25. The SMILES string of the molecule is CCc1nn(C)c2c1[nH]c(=S)n2CC(C)(C)NS(C)(=O)=O. The van der Waals surface area contributed by atoms with Crippen molar-refractivity contribution in [2.24, 2.45) is 7.05 Å². The molecule has 0 unspecified atom stereocenters. The largest absolute Gasteiger partial charge is 0.328 e. The topological polar surface area (TPSA) is 84.7 Å². The number of aromatic amines is 1. The number of hydrogen-bond acceptors (Lipinski definition) is 4. The lowest BCUT2D eigenvalue weighted by molar-refractivity contribution is 0.391. The first kappa shape index (κ1) is 16.2. The van der Waals surface area contributed by atoms with Gasteiger partial charge in [-0.05, 0) is 32.5 Å². The monoisotopic (exact) mass is 331 g/mol. The minimum Gasteiger partial charge on any atom is -0.328 e. The van der Waals surface area contributed by atoms with E-state index < -0.39 is 15.6 Å². The van der Waals surface area contributed by atoms with Gasteiger partial charge in [0.15, 0.2) is 10.4 Å². The molecule has 0 saturated carbocycles. The van der Waals surface area contributed by atoms with Crippen molar-refractivity contribution in [1.29, 1.82) is 0 Å². The van der Waals surface area contributed by atoms with E-state index in [4.69, 9.17) is 12.2 Å². The molecule has 0 radical (unpaired) electrons. The van der Waals surface area contributed by atoms with E-state index in [0.29, 0.717) is 11.3 Å². The summed E-state index contributed by atoms with van der Waals surface area (Å²) in [6, 6.07) is 0. The number of nitrogens with one attached hydrogen (secondary N) is 2. The number of sulfonamides is 1. The van der Waals surface area contributed by atoms with Gasteiger partial charge in [-0.25, -0.2) is 13.1 Å². The van der Waals surface area contributed by atoms with Gasteiger partial charge in [-0.15, -0.1) is 0 Å². The minimum atomic E-state index is -3.29. The minimum absolute atomic E-state index is 0.418. The van der Waals surface area contributed by atoms with E-state index in [-0.39, 0.29) is 0 Å². The predicted octanol–water partition coefficient (Wildman–Crippen LogP) is 1.32. The molecule has 21 heavy (non-hydrogen) atoms. The van der Waals surface area contributed by atoms with Crippen LogP contribution in [0.25, 0.3) is 11.2 Å². The second-order valence-electron chi connectivity index (χ2n) is 5.90. The number of nitrogens with zero attached hydrogens (tertiary/aromatic N) is 3. The third kappa shape index (κ3) is 3.35. The molecule has 2 heterocycles. The summed E-state index contributed by atoms with van der Waals surface area (Å²) < 4.78 is 29.8. The number of rotatable bonds is 5. The van der Waals surface area contributed by atoms with E-state index in [2.05, 4.69) is 14.8 Å². The number of imidazole rings is 1. The Hall–Kier alpha value is -1.19. The lowest BCUT2D eigenvalue weighted by Crippen LogP contribution is -2.46. The van der Waals surface area contributed by atoms with Gasteiger partial charge in [-0.2, -0.15) is 5.10 Å². The summed E-state index contributed by atoms with van der Waals surface area (Å²) in [7, 11) is -1.43. The maximum atomic E-state index is 11.5. The number of H-pyrrole nitrogens is 1. The lowest BCUT2D eigenvalue weighted by atomic mass is 10.1. The van der Waals surface area contributed by atoms with E-state index in [0.717, 1.165) is 29.5 Å². The number of aryl methyl sites for hydroxylation is 2. The molecule has 0 saturated heterocycles. The predicted molar refractivity (Wildman–Crippen MR) is 85.3 cm³/mol. The summed E-state index contributed by atoms with van der Waals surface area (Å²) in [4.78, 5) is 3.17. The zero-order valence-corrected chi connectivity index (χ0v) is 14.5. The Bertz CT molecular complexity index is 826.